The predicted molar refractivity (Wildman–Crippen MR) is 56.6 cm³/mol. The first-order valence-corrected chi connectivity index (χ1v) is 4.75. The highest BCUT2D eigenvalue weighted by molar-refractivity contribution is 8.00. The average Bonchev–Trinajstić information content (AvgIpc) is 2.15. The Bertz CT molecular complexity index is 191. The van der Waals surface area contributed by atoms with Gasteiger partial charge in [0.2, 0.25) is 0 Å². The van der Waals surface area contributed by atoms with Crippen molar-refractivity contribution in [1.29, 1.82) is 0 Å². The molecule has 0 aliphatic heterocycles. The Balaban J connectivity index is 0. The highest BCUT2D eigenvalue weighted by Crippen LogP contribution is 2.02. The molecule has 0 aromatic rings. The van der Waals surface area contributed by atoms with Gasteiger partial charge in [-0.15, -0.1) is 24.2 Å². The van der Waals surface area contributed by atoms with E-state index in [4.69, 9.17) is 5.73 Å². The smallest absolute Gasteiger partial charge is 0.323 e. The molecule has 0 bridgehead atoms. The van der Waals surface area contributed by atoms with Crippen LogP contribution in [-0.4, -0.2) is 43.7 Å². The monoisotopic (exact) mass is 243 g/mol. The van der Waals surface area contributed by atoms with E-state index in [1.165, 1.54) is 26.0 Å². The standard InChI is InChI=1S/C7H13NO4S.ClH/c1-11-6(9)4-13-3-5(8)7(10)12-2;/h5H,3-4,8H2,1-2H3;1H. The van der Waals surface area contributed by atoms with Crippen molar-refractivity contribution in [2.75, 3.05) is 25.7 Å². The topological polar surface area (TPSA) is 78.6 Å². The predicted octanol–water partition coefficient (Wildman–Crippen LogP) is -0.185. The van der Waals surface area contributed by atoms with E-state index in [-0.39, 0.29) is 24.1 Å². The molecule has 0 fully saturated rings. The van der Waals surface area contributed by atoms with Crippen LogP contribution in [0.1, 0.15) is 0 Å². The molecule has 0 spiro atoms. The fourth-order valence-corrected chi connectivity index (χ4v) is 1.34. The molecule has 0 rings (SSSR count). The zero-order chi connectivity index (χ0) is 10.3. The van der Waals surface area contributed by atoms with E-state index in [0.29, 0.717) is 5.75 Å². The van der Waals surface area contributed by atoms with E-state index in [1.807, 2.05) is 0 Å². The summed E-state index contributed by atoms with van der Waals surface area (Å²) in [5.74, 6) is -0.261. The maximum atomic E-state index is 10.8. The molecule has 0 saturated heterocycles. The highest BCUT2D eigenvalue weighted by Gasteiger charge is 2.13. The number of carbonyl (C=O) groups is 2. The molecular weight excluding hydrogens is 230 g/mol. The minimum Gasteiger partial charge on any atom is -0.468 e. The SMILES string of the molecule is COC(=O)CSCC(N)C(=O)OC.Cl. The van der Waals surface area contributed by atoms with Crippen molar-refractivity contribution in [3.8, 4) is 0 Å². The first-order chi connectivity index (χ1) is 6.11. The van der Waals surface area contributed by atoms with Crippen LogP contribution < -0.4 is 5.73 Å². The van der Waals surface area contributed by atoms with Crippen LogP contribution in [0.15, 0.2) is 0 Å². The third kappa shape index (κ3) is 6.99. The van der Waals surface area contributed by atoms with Gasteiger partial charge < -0.3 is 15.2 Å². The van der Waals surface area contributed by atoms with Gasteiger partial charge in [-0.2, -0.15) is 0 Å². The maximum Gasteiger partial charge on any atom is 0.323 e. The van der Waals surface area contributed by atoms with E-state index in [0.717, 1.165) is 0 Å². The Hall–Kier alpha value is -0.460. The normalized spacial score (nSPS) is 11.1. The van der Waals surface area contributed by atoms with Gasteiger partial charge in [0.05, 0.1) is 20.0 Å². The number of halogens is 1. The molecule has 0 aliphatic carbocycles. The Morgan fingerprint density at radius 1 is 1.36 bits per heavy atom. The first-order valence-electron chi connectivity index (χ1n) is 3.59. The van der Waals surface area contributed by atoms with E-state index < -0.39 is 12.0 Å². The number of carbonyl (C=O) groups excluding carboxylic acids is 2. The maximum absolute atomic E-state index is 10.8. The second-order valence-electron chi connectivity index (χ2n) is 2.22. The molecule has 5 nitrogen and oxygen atoms in total. The molecule has 1 atom stereocenters. The lowest BCUT2D eigenvalue weighted by Crippen LogP contribution is -2.34. The van der Waals surface area contributed by atoms with Crippen molar-refractivity contribution < 1.29 is 19.1 Å². The summed E-state index contributed by atoms with van der Waals surface area (Å²) >= 11 is 1.24. The number of hydrogen-bond donors (Lipinski definition) is 1. The molecule has 0 aromatic carbocycles. The number of methoxy groups -OCH3 is 2. The van der Waals surface area contributed by atoms with Crippen LogP contribution in [0.4, 0.5) is 0 Å². The summed E-state index contributed by atoms with van der Waals surface area (Å²) < 4.78 is 8.80. The Labute approximate surface area is 93.1 Å². The van der Waals surface area contributed by atoms with E-state index >= 15 is 0 Å². The van der Waals surface area contributed by atoms with Gasteiger partial charge in [0.1, 0.15) is 6.04 Å². The van der Waals surface area contributed by atoms with Crippen LogP contribution in [0.25, 0.3) is 0 Å². The van der Waals surface area contributed by atoms with Gasteiger partial charge in [-0.3, -0.25) is 9.59 Å². The quantitative estimate of drug-likeness (QED) is 0.675. The van der Waals surface area contributed by atoms with Crippen molar-refractivity contribution in [2.24, 2.45) is 5.73 Å². The van der Waals surface area contributed by atoms with Crippen molar-refractivity contribution in [3.05, 3.63) is 0 Å². The van der Waals surface area contributed by atoms with Gasteiger partial charge in [0, 0.05) is 5.75 Å². The van der Waals surface area contributed by atoms with Crippen molar-refractivity contribution in [2.45, 2.75) is 6.04 Å². The fraction of sp³-hybridized carbons (Fsp3) is 0.714. The van der Waals surface area contributed by atoms with Crippen LogP contribution in [0.2, 0.25) is 0 Å². The molecule has 14 heavy (non-hydrogen) atoms. The number of ether oxygens (including phenoxy) is 2. The van der Waals surface area contributed by atoms with Gasteiger partial charge >= 0.3 is 11.9 Å². The van der Waals surface area contributed by atoms with Crippen molar-refractivity contribution in [3.63, 3.8) is 0 Å². The molecule has 0 aromatic heterocycles. The number of hydrogen-bond acceptors (Lipinski definition) is 6. The molecule has 0 amide bonds. The Morgan fingerprint density at radius 2 is 1.93 bits per heavy atom. The summed E-state index contributed by atoms with van der Waals surface area (Å²) in [6.45, 7) is 0. The van der Waals surface area contributed by atoms with Crippen molar-refractivity contribution in [1.82, 2.24) is 0 Å². The molecule has 1 unspecified atom stereocenters. The largest absolute Gasteiger partial charge is 0.468 e. The second kappa shape index (κ2) is 9.11. The summed E-state index contributed by atoms with van der Waals surface area (Å²) in [7, 11) is 2.58. The van der Waals surface area contributed by atoms with Gasteiger partial charge in [0.15, 0.2) is 0 Å². The lowest BCUT2D eigenvalue weighted by Gasteiger charge is -2.07. The van der Waals surface area contributed by atoms with Gasteiger partial charge in [-0.05, 0) is 0 Å². The zero-order valence-electron chi connectivity index (χ0n) is 8.02. The van der Waals surface area contributed by atoms with Gasteiger partial charge in [-0.1, -0.05) is 0 Å². The number of thioether (sulfide) groups is 1. The van der Waals surface area contributed by atoms with E-state index in [9.17, 15) is 9.59 Å². The minimum atomic E-state index is -0.681. The zero-order valence-corrected chi connectivity index (χ0v) is 9.65. The van der Waals surface area contributed by atoms with E-state index in [2.05, 4.69) is 9.47 Å². The molecule has 0 saturated carbocycles. The lowest BCUT2D eigenvalue weighted by molar-refractivity contribution is -0.141. The summed E-state index contributed by atoms with van der Waals surface area (Å²) in [5, 5.41) is 0. The number of nitrogens with two attached hydrogens (primary N) is 1. The first kappa shape index (κ1) is 16.0. The molecule has 7 heteroatoms. The number of rotatable bonds is 5. The van der Waals surface area contributed by atoms with Crippen LogP contribution in [0.5, 0.6) is 0 Å². The van der Waals surface area contributed by atoms with E-state index in [1.54, 1.807) is 0 Å². The van der Waals surface area contributed by atoms with Crippen molar-refractivity contribution >= 4 is 36.1 Å². The lowest BCUT2D eigenvalue weighted by atomic mass is 10.4. The molecular formula is C7H14ClNO4S. The van der Waals surface area contributed by atoms with Crippen LogP contribution >= 0.6 is 24.2 Å². The highest BCUT2D eigenvalue weighted by atomic mass is 35.5. The Kier molecular flexibility index (Phi) is 10.4. The molecule has 0 aliphatic rings. The third-order valence-corrected chi connectivity index (χ3v) is 2.28. The summed E-state index contributed by atoms with van der Waals surface area (Å²) in [5.41, 5.74) is 5.41. The molecule has 0 heterocycles. The minimum absolute atomic E-state index is 0. The molecule has 84 valence electrons. The van der Waals surface area contributed by atoms with Crippen LogP contribution in [0, 0.1) is 0 Å². The Morgan fingerprint density at radius 3 is 2.36 bits per heavy atom. The van der Waals surface area contributed by atoms with Gasteiger partial charge in [-0.25, -0.2) is 0 Å². The second-order valence-corrected chi connectivity index (χ2v) is 3.25. The molecule has 0 radical (unpaired) electrons. The average molecular weight is 244 g/mol. The fourth-order valence-electron chi connectivity index (χ4n) is 0.548. The number of esters is 2. The summed E-state index contributed by atoms with van der Waals surface area (Å²) in [4.78, 5) is 21.4. The molecule has 2 N–H and O–H groups in total. The summed E-state index contributed by atoms with van der Waals surface area (Å²) in [6, 6.07) is -0.681. The third-order valence-electron chi connectivity index (χ3n) is 1.25. The van der Waals surface area contributed by atoms with Crippen LogP contribution in [0.3, 0.4) is 0 Å². The summed E-state index contributed by atoms with van der Waals surface area (Å²) in [6.07, 6.45) is 0. The van der Waals surface area contributed by atoms with Gasteiger partial charge in [0.25, 0.3) is 0 Å². The van der Waals surface area contributed by atoms with Crippen LogP contribution in [-0.2, 0) is 19.1 Å².